The molecule has 2 rings (SSSR count). The van der Waals surface area contributed by atoms with Crippen molar-refractivity contribution in [3.63, 3.8) is 0 Å². The van der Waals surface area contributed by atoms with Crippen molar-refractivity contribution in [2.75, 3.05) is 5.32 Å². The number of aromatic nitrogens is 3. The van der Waals surface area contributed by atoms with E-state index in [1.54, 1.807) is 4.68 Å². The van der Waals surface area contributed by atoms with Gasteiger partial charge < -0.3 is 11.1 Å². The maximum absolute atomic E-state index is 12.0. The second-order valence-electron chi connectivity index (χ2n) is 4.83. The quantitative estimate of drug-likeness (QED) is 0.879. The molecule has 6 nitrogen and oxygen atoms in total. The Morgan fingerprint density at radius 2 is 2.05 bits per heavy atom. The Morgan fingerprint density at radius 3 is 2.65 bits per heavy atom. The molecular weight excluding hydrogens is 254 g/mol. The summed E-state index contributed by atoms with van der Waals surface area (Å²) in [6.45, 7) is 6.36. The van der Waals surface area contributed by atoms with Crippen LogP contribution in [-0.2, 0) is 17.9 Å². The summed E-state index contributed by atoms with van der Waals surface area (Å²) < 4.78 is 1.55. The number of nitrogens with two attached hydrogens (primary N) is 1. The zero-order valence-electron chi connectivity index (χ0n) is 12.0. The molecule has 1 amide bonds. The third kappa shape index (κ3) is 3.03. The molecule has 20 heavy (non-hydrogen) atoms. The van der Waals surface area contributed by atoms with Gasteiger partial charge in [0.05, 0.1) is 11.4 Å². The van der Waals surface area contributed by atoms with Crippen LogP contribution in [0.5, 0.6) is 0 Å². The summed E-state index contributed by atoms with van der Waals surface area (Å²) in [5.74, 6) is -0.134. The Hall–Kier alpha value is -2.21. The SMILES string of the molecule is Cc1ccc(NC(=O)Cn2nnc(CN)c2C)cc1C. The van der Waals surface area contributed by atoms with Crippen LogP contribution in [0.25, 0.3) is 0 Å². The minimum absolute atomic E-state index is 0.131. The number of benzene rings is 1. The summed E-state index contributed by atoms with van der Waals surface area (Å²) in [6, 6.07) is 5.82. The summed E-state index contributed by atoms with van der Waals surface area (Å²) in [5.41, 5.74) is 10.2. The Bertz CT molecular complexity index is 632. The first kappa shape index (κ1) is 14.2. The molecule has 1 heterocycles. The molecule has 0 aliphatic carbocycles. The van der Waals surface area contributed by atoms with Crippen LogP contribution in [0.4, 0.5) is 5.69 Å². The van der Waals surface area contributed by atoms with Crippen LogP contribution in [0.3, 0.4) is 0 Å². The fourth-order valence-electron chi connectivity index (χ4n) is 1.89. The standard InChI is InChI=1S/C14H19N5O/c1-9-4-5-12(6-10(9)2)16-14(20)8-19-11(3)13(7-15)17-18-19/h4-6H,7-8,15H2,1-3H3,(H,16,20). The Balaban J connectivity index is 2.05. The van der Waals surface area contributed by atoms with Gasteiger partial charge >= 0.3 is 0 Å². The third-order valence-electron chi connectivity index (χ3n) is 3.36. The number of carbonyl (C=O) groups excluding carboxylic acids is 1. The molecular formula is C14H19N5O. The minimum atomic E-state index is -0.134. The molecule has 0 radical (unpaired) electrons. The topological polar surface area (TPSA) is 85.8 Å². The average Bonchev–Trinajstić information content (AvgIpc) is 2.75. The number of hydrogen-bond donors (Lipinski definition) is 2. The lowest BCUT2D eigenvalue weighted by Crippen LogP contribution is -2.20. The predicted octanol–water partition coefficient (Wildman–Crippen LogP) is 1.30. The molecule has 0 unspecified atom stereocenters. The number of nitrogens with zero attached hydrogens (tertiary/aromatic N) is 3. The van der Waals surface area contributed by atoms with E-state index in [2.05, 4.69) is 15.6 Å². The van der Waals surface area contributed by atoms with Crippen molar-refractivity contribution in [3.05, 3.63) is 40.7 Å². The van der Waals surface area contributed by atoms with Crippen molar-refractivity contribution in [3.8, 4) is 0 Å². The number of anilines is 1. The number of nitrogens with one attached hydrogen (secondary N) is 1. The molecule has 1 aromatic carbocycles. The highest BCUT2D eigenvalue weighted by Gasteiger charge is 2.10. The van der Waals surface area contributed by atoms with Gasteiger partial charge in [0.1, 0.15) is 6.54 Å². The van der Waals surface area contributed by atoms with E-state index >= 15 is 0 Å². The lowest BCUT2D eigenvalue weighted by molar-refractivity contribution is -0.117. The van der Waals surface area contributed by atoms with Gasteiger partial charge in [-0.05, 0) is 44.0 Å². The van der Waals surface area contributed by atoms with Crippen molar-refractivity contribution in [2.45, 2.75) is 33.9 Å². The average molecular weight is 273 g/mol. The van der Waals surface area contributed by atoms with Crippen LogP contribution in [0.1, 0.15) is 22.5 Å². The molecule has 0 aliphatic heterocycles. The predicted molar refractivity (Wildman–Crippen MR) is 77.2 cm³/mol. The first-order chi connectivity index (χ1) is 9.51. The normalized spacial score (nSPS) is 10.6. The van der Waals surface area contributed by atoms with Crippen molar-refractivity contribution < 1.29 is 4.79 Å². The smallest absolute Gasteiger partial charge is 0.246 e. The van der Waals surface area contributed by atoms with Gasteiger partial charge in [-0.1, -0.05) is 11.3 Å². The van der Waals surface area contributed by atoms with E-state index in [-0.39, 0.29) is 12.5 Å². The molecule has 0 atom stereocenters. The van der Waals surface area contributed by atoms with Gasteiger partial charge in [-0.15, -0.1) is 5.10 Å². The molecule has 0 aliphatic rings. The molecule has 1 aromatic heterocycles. The van der Waals surface area contributed by atoms with E-state index in [1.807, 2.05) is 39.0 Å². The summed E-state index contributed by atoms with van der Waals surface area (Å²) in [6.07, 6.45) is 0. The van der Waals surface area contributed by atoms with Gasteiger partial charge in [0, 0.05) is 12.2 Å². The highest BCUT2D eigenvalue weighted by Crippen LogP contribution is 2.14. The Labute approximate surface area is 118 Å². The monoisotopic (exact) mass is 273 g/mol. The Morgan fingerprint density at radius 1 is 1.30 bits per heavy atom. The van der Waals surface area contributed by atoms with Crippen molar-refractivity contribution in [1.29, 1.82) is 0 Å². The summed E-state index contributed by atoms with van der Waals surface area (Å²) in [5, 5.41) is 10.7. The molecule has 2 aromatic rings. The summed E-state index contributed by atoms with van der Waals surface area (Å²) in [7, 11) is 0. The lowest BCUT2D eigenvalue weighted by atomic mass is 10.1. The lowest BCUT2D eigenvalue weighted by Gasteiger charge is -2.08. The zero-order valence-corrected chi connectivity index (χ0v) is 12.0. The van der Waals surface area contributed by atoms with Gasteiger partial charge in [-0.25, -0.2) is 4.68 Å². The molecule has 0 bridgehead atoms. The highest BCUT2D eigenvalue weighted by molar-refractivity contribution is 5.90. The number of rotatable bonds is 4. The third-order valence-corrected chi connectivity index (χ3v) is 3.36. The van der Waals surface area contributed by atoms with Crippen LogP contribution in [0.2, 0.25) is 0 Å². The van der Waals surface area contributed by atoms with Crippen molar-refractivity contribution >= 4 is 11.6 Å². The largest absolute Gasteiger partial charge is 0.325 e. The highest BCUT2D eigenvalue weighted by atomic mass is 16.2. The van der Waals surface area contributed by atoms with Crippen LogP contribution in [0.15, 0.2) is 18.2 Å². The van der Waals surface area contributed by atoms with E-state index in [1.165, 1.54) is 5.56 Å². The van der Waals surface area contributed by atoms with Crippen LogP contribution >= 0.6 is 0 Å². The number of amides is 1. The van der Waals surface area contributed by atoms with Crippen molar-refractivity contribution in [1.82, 2.24) is 15.0 Å². The second kappa shape index (κ2) is 5.83. The van der Waals surface area contributed by atoms with Gasteiger partial charge in [0.25, 0.3) is 0 Å². The van der Waals surface area contributed by atoms with Gasteiger partial charge in [0.2, 0.25) is 5.91 Å². The maximum Gasteiger partial charge on any atom is 0.246 e. The number of carbonyl (C=O) groups is 1. The summed E-state index contributed by atoms with van der Waals surface area (Å²) >= 11 is 0. The maximum atomic E-state index is 12.0. The first-order valence-corrected chi connectivity index (χ1v) is 6.47. The minimum Gasteiger partial charge on any atom is -0.325 e. The van der Waals surface area contributed by atoms with Crippen LogP contribution in [0, 0.1) is 20.8 Å². The van der Waals surface area contributed by atoms with Gasteiger partial charge in [-0.3, -0.25) is 4.79 Å². The van der Waals surface area contributed by atoms with Gasteiger partial charge in [0.15, 0.2) is 0 Å². The van der Waals surface area contributed by atoms with Gasteiger partial charge in [-0.2, -0.15) is 0 Å². The van der Waals surface area contributed by atoms with Crippen molar-refractivity contribution in [2.24, 2.45) is 5.73 Å². The van der Waals surface area contributed by atoms with E-state index in [9.17, 15) is 4.79 Å². The van der Waals surface area contributed by atoms with E-state index in [4.69, 9.17) is 5.73 Å². The van der Waals surface area contributed by atoms with E-state index in [0.29, 0.717) is 12.2 Å². The number of hydrogen-bond acceptors (Lipinski definition) is 4. The Kier molecular flexibility index (Phi) is 4.14. The molecule has 106 valence electrons. The molecule has 0 saturated heterocycles. The molecule has 3 N–H and O–H groups in total. The first-order valence-electron chi connectivity index (χ1n) is 6.47. The molecule has 0 saturated carbocycles. The zero-order chi connectivity index (χ0) is 14.7. The summed E-state index contributed by atoms with van der Waals surface area (Å²) in [4.78, 5) is 12.0. The number of aryl methyl sites for hydroxylation is 2. The van der Waals surface area contributed by atoms with E-state index in [0.717, 1.165) is 16.9 Å². The second-order valence-corrected chi connectivity index (χ2v) is 4.83. The molecule has 0 fully saturated rings. The van der Waals surface area contributed by atoms with Crippen LogP contribution < -0.4 is 11.1 Å². The van der Waals surface area contributed by atoms with E-state index < -0.39 is 0 Å². The molecule has 0 spiro atoms. The van der Waals surface area contributed by atoms with Crippen LogP contribution in [-0.4, -0.2) is 20.9 Å². The molecule has 6 heteroatoms. The fourth-order valence-corrected chi connectivity index (χ4v) is 1.89. The fraction of sp³-hybridized carbons (Fsp3) is 0.357.